The Morgan fingerprint density at radius 1 is 1.35 bits per heavy atom. The maximum Gasteiger partial charge on any atom is 0.243 e. The number of aliphatic hydroxyl groups excluding tert-OH is 1. The summed E-state index contributed by atoms with van der Waals surface area (Å²) in [7, 11) is -3.89. The van der Waals surface area contributed by atoms with Crippen molar-refractivity contribution in [2.24, 2.45) is 5.41 Å². The van der Waals surface area contributed by atoms with Crippen LogP contribution >= 0.6 is 0 Å². The molecular formula is C14H20FNO3S. The van der Waals surface area contributed by atoms with E-state index in [0.717, 1.165) is 31.7 Å². The highest BCUT2D eigenvalue weighted by Crippen LogP contribution is 2.37. The average Bonchev–Trinajstić information content (AvgIpc) is 2.89. The second kappa shape index (κ2) is 5.79. The quantitative estimate of drug-likeness (QED) is 0.874. The molecule has 0 atom stereocenters. The predicted octanol–water partition coefficient (Wildman–Crippen LogP) is 1.97. The van der Waals surface area contributed by atoms with Gasteiger partial charge < -0.3 is 5.11 Å². The molecule has 0 spiro atoms. The van der Waals surface area contributed by atoms with Crippen molar-refractivity contribution in [1.29, 1.82) is 0 Å². The van der Waals surface area contributed by atoms with Gasteiger partial charge in [0.2, 0.25) is 10.0 Å². The Morgan fingerprint density at radius 3 is 2.60 bits per heavy atom. The lowest BCUT2D eigenvalue weighted by atomic mass is 9.88. The van der Waals surface area contributed by atoms with Crippen LogP contribution in [0.25, 0.3) is 0 Å². The summed E-state index contributed by atoms with van der Waals surface area (Å²) in [6.07, 6.45) is 3.56. The molecule has 1 saturated carbocycles. The topological polar surface area (TPSA) is 66.4 Å². The van der Waals surface area contributed by atoms with Gasteiger partial charge in [-0.05, 0) is 37.5 Å². The fourth-order valence-electron chi connectivity index (χ4n) is 2.66. The van der Waals surface area contributed by atoms with Crippen LogP contribution in [0.2, 0.25) is 0 Å². The molecule has 0 aliphatic heterocycles. The van der Waals surface area contributed by atoms with Crippen molar-refractivity contribution in [1.82, 2.24) is 4.72 Å². The molecule has 1 aliphatic carbocycles. The monoisotopic (exact) mass is 301 g/mol. The number of aliphatic hydroxyl groups is 1. The molecule has 2 rings (SSSR count). The third-order valence-corrected chi connectivity index (χ3v) is 5.43. The van der Waals surface area contributed by atoms with E-state index in [1.807, 2.05) is 0 Å². The van der Waals surface area contributed by atoms with E-state index < -0.39 is 21.3 Å². The van der Waals surface area contributed by atoms with Crippen LogP contribution in [0.4, 0.5) is 4.39 Å². The van der Waals surface area contributed by atoms with Gasteiger partial charge in [0.05, 0.1) is 0 Å². The van der Waals surface area contributed by atoms with Gasteiger partial charge in [0.15, 0.2) is 0 Å². The summed E-state index contributed by atoms with van der Waals surface area (Å²) in [4.78, 5) is -0.330. The first-order valence-corrected chi connectivity index (χ1v) is 8.24. The predicted molar refractivity (Wildman–Crippen MR) is 74.3 cm³/mol. The molecule has 0 radical (unpaired) electrons. The molecule has 1 fully saturated rings. The first-order chi connectivity index (χ1) is 9.38. The Bertz CT molecular complexity index is 580. The van der Waals surface area contributed by atoms with Crippen molar-refractivity contribution in [3.63, 3.8) is 0 Å². The number of rotatable bonds is 5. The molecule has 6 heteroatoms. The zero-order chi connectivity index (χ0) is 14.8. The molecule has 1 aromatic carbocycles. The number of nitrogens with one attached hydrogen (secondary N) is 1. The van der Waals surface area contributed by atoms with Crippen molar-refractivity contribution in [3.05, 3.63) is 29.6 Å². The van der Waals surface area contributed by atoms with E-state index in [4.69, 9.17) is 0 Å². The SMILES string of the molecule is Cc1ccc(F)c(S(=O)(=O)NCC2(CO)CCCC2)c1. The van der Waals surface area contributed by atoms with Crippen LogP contribution in [0.3, 0.4) is 0 Å². The largest absolute Gasteiger partial charge is 0.396 e. The lowest BCUT2D eigenvalue weighted by Gasteiger charge is -2.26. The summed E-state index contributed by atoms with van der Waals surface area (Å²) in [6, 6.07) is 4.00. The second-order valence-corrected chi connectivity index (χ2v) is 7.36. The van der Waals surface area contributed by atoms with E-state index in [9.17, 15) is 17.9 Å². The van der Waals surface area contributed by atoms with Gasteiger partial charge in [0, 0.05) is 18.6 Å². The third kappa shape index (κ3) is 3.19. The maximum absolute atomic E-state index is 13.7. The van der Waals surface area contributed by atoms with E-state index in [2.05, 4.69) is 4.72 Å². The van der Waals surface area contributed by atoms with Gasteiger partial charge in [-0.3, -0.25) is 0 Å². The van der Waals surface area contributed by atoms with E-state index in [0.29, 0.717) is 5.56 Å². The molecular weight excluding hydrogens is 281 g/mol. The van der Waals surface area contributed by atoms with Gasteiger partial charge >= 0.3 is 0 Å². The van der Waals surface area contributed by atoms with Gasteiger partial charge in [0.25, 0.3) is 0 Å². The van der Waals surface area contributed by atoms with Gasteiger partial charge in [-0.15, -0.1) is 0 Å². The highest BCUT2D eigenvalue weighted by Gasteiger charge is 2.34. The highest BCUT2D eigenvalue weighted by atomic mass is 32.2. The normalized spacial score (nSPS) is 18.4. The molecule has 2 N–H and O–H groups in total. The third-order valence-electron chi connectivity index (χ3n) is 4.01. The lowest BCUT2D eigenvalue weighted by Crippen LogP contribution is -2.38. The van der Waals surface area contributed by atoms with Gasteiger partial charge in [-0.25, -0.2) is 17.5 Å². The van der Waals surface area contributed by atoms with Crippen LogP contribution in [0.1, 0.15) is 31.2 Å². The summed E-state index contributed by atoms with van der Waals surface area (Å²) in [5, 5.41) is 9.47. The van der Waals surface area contributed by atoms with Gasteiger partial charge in [-0.2, -0.15) is 0 Å². The highest BCUT2D eigenvalue weighted by molar-refractivity contribution is 7.89. The first kappa shape index (κ1) is 15.4. The van der Waals surface area contributed by atoms with Crippen LogP contribution in [-0.4, -0.2) is 26.7 Å². The number of halogens is 1. The fourth-order valence-corrected chi connectivity index (χ4v) is 3.98. The first-order valence-electron chi connectivity index (χ1n) is 6.75. The van der Waals surface area contributed by atoms with E-state index in [-0.39, 0.29) is 18.0 Å². The van der Waals surface area contributed by atoms with Gasteiger partial charge in [-0.1, -0.05) is 18.9 Å². The van der Waals surface area contributed by atoms with Crippen LogP contribution in [0, 0.1) is 18.2 Å². The maximum atomic E-state index is 13.7. The minimum absolute atomic E-state index is 0.0498. The Morgan fingerprint density at radius 2 is 2.00 bits per heavy atom. The van der Waals surface area contributed by atoms with Crippen molar-refractivity contribution >= 4 is 10.0 Å². The van der Waals surface area contributed by atoms with Gasteiger partial charge in [0.1, 0.15) is 10.7 Å². The molecule has 0 amide bonds. The number of sulfonamides is 1. The number of hydrogen-bond acceptors (Lipinski definition) is 3. The smallest absolute Gasteiger partial charge is 0.243 e. The lowest BCUT2D eigenvalue weighted by molar-refractivity contribution is 0.134. The molecule has 0 bridgehead atoms. The van der Waals surface area contributed by atoms with Crippen LogP contribution < -0.4 is 4.72 Å². The fraction of sp³-hybridized carbons (Fsp3) is 0.571. The summed E-state index contributed by atoms with van der Waals surface area (Å²) in [5.41, 5.74) is 0.289. The Labute approximate surface area is 119 Å². The molecule has 0 aromatic heterocycles. The molecule has 1 aliphatic rings. The minimum atomic E-state index is -3.89. The van der Waals surface area contributed by atoms with E-state index in [1.165, 1.54) is 12.1 Å². The Kier molecular flexibility index (Phi) is 4.46. The summed E-state index contributed by atoms with van der Waals surface area (Å²) in [6.45, 7) is 1.82. The number of benzene rings is 1. The molecule has 0 saturated heterocycles. The number of hydrogen-bond donors (Lipinski definition) is 2. The molecule has 20 heavy (non-hydrogen) atoms. The average molecular weight is 301 g/mol. The standard InChI is InChI=1S/C14H20FNO3S/c1-11-4-5-12(15)13(8-11)20(18,19)16-9-14(10-17)6-2-3-7-14/h4-5,8,16-17H,2-3,6-7,9-10H2,1H3. The zero-order valence-electron chi connectivity index (χ0n) is 11.5. The van der Waals surface area contributed by atoms with E-state index >= 15 is 0 Å². The molecule has 112 valence electrons. The zero-order valence-corrected chi connectivity index (χ0v) is 12.3. The number of aryl methyl sites for hydroxylation is 1. The Balaban J connectivity index is 2.17. The van der Waals surface area contributed by atoms with Crippen molar-refractivity contribution in [3.8, 4) is 0 Å². The Hall–Kier alpha value is -0.980. The summed E-state index contributed by atoms with van der Waals surface area (Å²) >= 11 is 0. The van der Waals surface area contributed by atoms with Crippen LogP contribution in [0.15, 0.2) is 23.1 Å². The van der Waals surface area contributed by atoms with Crippen molar-refractivity contribution < 1.29 is 17.9 Å². The van der Waals surface area contributed by atoms with E-state index in [1.54, 1.807) is 6.92 Å². The van der Waals surface area contributed by atoms with Crippen LogP contribution in [0.5, 0.6) is 0 Å². The molecule has 4 nitrogen and oxygen atoms in total. The van der Waals surface area contributed by atoms with Crippen LogP contribution in [-0.2, 0) is 10.0 Å². The van der Waals surface area contributed by atoms with Crippen molar-refractivity contribution in [2.75, 3.05) is 13.2 Å². The molecule has 1 aromatic rings. The van der Waals surface area contributed by atoms with Crippen molar-refractivity contribution in [2.45, 2.75) is 37.5 Å². The molecule has 0 heterocycles. The molecule has 0 unspecified atom stereocenters. The second-order valence-electron chi connectivity index (χ2n) is 5.62. The summed E-state index contributed by atoms with van der Waals surface area (Å²) in [5.74, 6) is -0.757. The summed E-state index contributed by atoms with van der Waals surface area (Å²) < 4.78 is 40.5. The minimum Gasteiger partial charge on any atom is -0.396 e.